The van der Waals surface area contributed by atoms with Gasteiger partial charge in [0.25, 0.3) is 0 Å². The van der Waals surface area contributed by atoms with Crippen molar-refractivity contribution in [2.45, 2.75) is 26.4 Å². The van der Waals surface area contributed by atoms with E-state index in [0.717, 1.165) is 17.5 Å². The summed E-state index contributed by atoms with van der Waals surface area (Å²) in [6, 6.07) is 1.75. The van der Waals surface area contributed by atoms with Gasteiger partial charge in [0.05, 0.1) is 11.1 Å². The lowest BCUT2D eigenvalue weighted by molar-refractivity contribution is 0.172. The molecule has 0 saturated heterocycles. The molecule has 0 aliphatic carbocycles. The van der Waals surface area contributed by atoms with Gasteiger partial charge in [-0.05, 0) is 25.0 Å². The third-order valence-electron chi connectivity index (χ3n) is 2.54. The molecule has 2 rings (SSSR count). The molecular weight excluding hydrogens is 216 g/mol. The van der Waals surface area contributed by atoms with Crippen LogP contribution in [0.3, 0.4) is 0 Å². The lowest BCUT2D eigenvalue weighted by Gasteiger charge is -2.14. The Morgan fingerprint density at radius 1 is 1.47 bits per heavy atom. The Morgan fingerprint density at radius 3 is 2.73 bits per heavy atom. The van der Waals surface area contributed by atoms with Gasteiger partial charge in [-0.1, -0.05) is 18.5 Å². The van der Waals surface area contributed by atoms with Gasteiger partial charge >= 0.3 is 0 Å². The van der Waals surface area contributed by atoms with E-state index in [-0.39, 0.29) is 6.79 Å². The van der Waals surface area contributed by atoms with Crippen LogP contribution in [0.4, 0.5) is 0 Å². The Labute approximate surface area is 93.6 Å². The van der Waals surface area contributed by atoms with Crippen LogP contribution in [0.15, 0.2) is 6.07 Å². The quantitative estimate of drug-likeness (QED) is 0.846. The second kappa shape index (κ2) is 3.91. The fraction of sp³-hybridized carbons (Fsp3) is 0.455. The number of rotatable bonds is 2. The molecule has 1 N–H and O–H groups in total. The van der Waals surface area contributed by atoms with Gasteiger partial charge in [0, 0.05) is 5.56 Å². The predicted molar refractivity (Wildman–Crippen MR) is 57.6 cm³/mol. The maximum absolute atomic E-state index is 9.64. The predicted octanol–water partition coefficient (Wildman–Crippen LogP) is 2.68. The van der Waals surface area contributed by atoms with Crippen LogP contribution < -0.4 is 9.47 Å². The number of benzene rings is 1. The Kier molecular flexibility index (Phi) is 2.76. The van der Waals surface area contributed by atoms with Gasteiger partial charge < -0.3 is 14.6 Å². The minimum atomic E-state index is -0.549. The highest BCUT2D eigenvalue weighted by atomic mass is 35.5. The number of fused-ring (bicyclic) bond motifs is 1. The second-order valence-electron chi connectivity index (χ2n) is 3.52. The Morgan fingerprint density at radius 2 is 2.13 bits per heavy atom. The minimum Gasteiger partial charge on any atom is -0.453 e. The van der Waals surface area contributed by atoms with E-state index in [1.807, 2.05) is 6.92 Å². The molecule has 1 atom stereocenters. The molecule has 1 aromatic rings. The van der Waals surface area contributed by atoms with Crippen molar-refractivity contribution in [3.05, 3.63) is 22.2 Å². The van der Waals surface area contributed by atoms with E-state index in [4.69, 9.17) is 21.1 Å². The smallest absolute Gasteiger partial charge is 0.231 e. The maximum Gasteiger partial charge on any atom is 0.231 e. The molecule has 0 aromatic heterocycles. The van der Waals surface area contributed by atoms with Crippen LogP contribution in [0.1, 0.15) is 31.1 Å². The average Bonchev–Trinajstić information content (AvgIpc) is 2.66. The lowest BCUT2D eigenvalue weighted by Crippen LogP contribution is -2.00. The molecule has 3 nitrogen and oxygen atoms in total. The number of ether oxygens (including phenoxy) is 2. The first kappa shape index (κ1) is 10.6. The highest BCUT2D eigenvalue weighted by Gasteiger charge is 2.24. The van der Waals surface area contributed by atoms with Crippen LogP contribution in [-0.2, 0) is 6.42 Å². The van der Waals surface area contributed by atoms with Crippen molar-refractivity contribution in [1.82, 2.24) is 0 Å². The molecule has 0 saturated carbocycles. The molecule has 1 aliphatic rings. The summed E-state index contributed by atoms with van der Waals surface area (Å²) in [5, 5.41) is 10.1. The van der Waals surface area contributed by atoms with E-state index in [9.17, 15) is 5.11 Å². The molecule has 0 amide bonds. The van der Waals surface area contributed by atoms with Crippen molar-refractivity contribution in [3.63, 3.8) is 0 Å². The van der Waals surface area contributed by atoms with Crippen molar-refractivity contribution in [3.8, 4) is 11.5 Å². The van der Waals surface area contributed by atoms with Gasteiger partial charge in [0.1, 0.15) is 0 Å². The molecule has 15 heavy (non-hydrogen) atoms. The number of aliphatic hydroxyl groups excluding tert-OH is 1. The first-order valence-corrected chi connectivity index (χ1v) is 5.31. The van der Waals surface area contributed by atoms with Gasteiger partial charge in [-0.25, -0.2) is 0 Å². The van der Waals surface area contributed by atoms with Crippen molar-refractivity contribution in [2.75, 3.05) is 6.79 Å². The number of hydrogen-bond donors (Lipinski definition) is 1. The summed E-state index contributed by atoms with van der Waals surface area (Å²) < 4.78 is 10.6. The van der Waals surface area contributed by atoms with Gasteiger partial charge in [0.2, 0.25) is 6.79 Å². The first-order valence-electron chi connectivity index (χ1n) is 4.94. The fourth-order valence-electron chi connectivity index (χ4n) is 1.84. The Balaban J connectivity index is 2.63. The molecule has 0 radical (unpaired) electrons. The molecule has 1 heterocycles. The van der Waals surface area contributed by atoms with Crippen molar-refractivity contribution >= 4 is 11.6 Å². The average molecular weight is 229 g/mol. The zero-order chi connectivity index (χ0) is 11.0. The monoisotopic (exact) mass is 228 g/mol. The van der Waals surface area contributed by atoms with Gasteiger partial charge in [-0.15, -0.1) is 0 Å². The summed E-state index contributed by atoms with van der Waals surface area (Å²) in [7, 11) is 0. The first-order chi connectivity index (χ1) is 7.15. The van der Waals surface area contributed by atoms with Gasteiger partial charge in [-0.3, -0.25) is 0 Å². The standard InChI is InChI=1S/C11H13ClO3/c1-3-7-8(6(2)13)4-9(12)11-10(7)14-5-15-11/h4,6,13H,3,5H2,1-2H3. The normalized spacial score (nSPS) is 15.5. The van der Waals surface area contributed by atoms with Crippen LogP contribution >= 0.6 is 11.6 Å². The van der Waals surface area contributed by atoms with Gasteiger partial charge in [-0.2, -0.15) is 0 Å². The molecule has 1 unspecified atom stereocenters. The maximum atomic E-state index is 9.64. The van der Waals surface area contributed by atoms with Crippen LogP contribution in [-0.4, -0.2) is 11.9 Å². The third kappa shape index (κ3) is 1.66. The summed E-state index contributed by atoms with van der Waals surface area (Å²) in [5.41, 5.74) is 1.79. The highest BCUT2D eigenvalue weighted by molar-refractivity contribution is 6.32. The van der Waals surface area contributed by atoms with E-state index < -0.39 is 6.10 Å². The highest BCUT2D eigenvalue weighted by Crippen LogP contribution is 2.44. The number of halogens is 1. The van der Waals surface area contributed by atoms with Crippen LogP contribution in [0.5, 0.6) is 11.5 Å². The molecular formula is C11H13ClO3. The summed E-state index contributed by atoms with van der Waals surface area (Å²) in [6.07, 6.45) is 0.232. The zero-order valence-corrected chi connectivity index (χ0v) is 9.47. The van der Waals surface area contributed by atoms with E-state index in [2.05, 4.69) is 0 Å². The Hall–Kier alpha value is -0.930. The SMILES string of the molecule is CCc1c(C(C)O)cc(Cl)c2c1OCO2. The molecule has 82 valence electrons. The van der Waals surface area contributed by atoms with Crippen molar-refractivity contribution in [2.24, 2.45) is 0 Å². The van der Waals surface area contributed by atoms with Gasteiger partial charge in [0.15, 0.2) is 11.5 Å². The van der Waals surface area contributed by atoms with E-state index in [0.29, 0.717) is 16.5 Å². The summed E-state index contributed by atoms with van der Waals surface area (Å²) >= 11 is 6.03. The molecule has 1 aliphatic heterocycles. The summed E-state index contributed by atoms with van der Waals surface area (Å²) in [4.78, 5) is 0. The van der Waals surface area contributed by atoms with Crippen molar-refractivity contribution < 1.29 is 14.6 Å². The van der Waals surface area contributed by atoms with Crippen LogP contribution in [0, 0.1) is 0 Å². The Bertz CT molecular complexity index is 388. The van der Waals surface area contributed by atoms with Crippen molar-refractivity contribution in [1.29, 1.82) is 0 Å². The zero-order valence-electron chi connectivity index (χ0n) is 8.71. The summed E-state index contributed by atoms with van der Waals surface area (Å²) in [5.74, 6) is 1.28. The summed E-state index contributed by atoms with van der Waals surface area (Å²) in [6.45, 7) is 3.93. The second-order valence-corrected chi connectivity index (χ2v) is 3.93. The number of aliphatic hydroxyl groups is 1. The molecule has 0 spiro atoms. The van der Waals surface area contributed by atoms with E-state index in [1.54, 1.807) is 13.0 Å². The van der Waals surface area contributed by atoms with Crippen LogP contribution in [0.2, 0.25) is 5.02 Å². The fourth-order valence-corrected chi connectivity index (χ4v) is 2.10. The van der Waals surface area contributed by atoms with E-state index in [1.165, 1.54) is 0 Å². The third-order valence-corrected chi connectivity index (χ3v) is 2.82. The topological polar surface area (TPSA) is 38.7 Å². The van der Waals surface area contributed by atoms with E-state index >= 15 is 0 Å². The molecule has 0 bridgehead atoms. The molecule has 1 aromatic carbocycles. The lowest BCUT2D eigenvalue weighted by atomic mass is 9.99. The molecule has 4 heteroatoms. The molecule has 0 fully saturated rings. The number of hydrogen-bond acceptors (Lipinski definition) is 3. The largest absolute Gasteiger partial charge is 0.453 e. The van der Waals surface area contributed by atoms with Crippen LogP contribution in [0.25, 0.3) is 0 Å². The minimum absolute atomic E-state index is 0.200.